The summed E-state index contributed by atoms with van der Waals surface area (Å²) in [5, 5.41) is 3.18. The summed E-state index contributed by atoms with van der Waals surface area (Å²) in [6.45, 7) is 9.16. The topological polar surface area (TPSA) is 42.4 Å². The molecular formula is C13H20N2O2S. The minimum Gasteiger partial charge on any atom is -0.444 e. The van der Waals surface area contributed by atoms with Gasteiger partial charge in [0.1, 0.15) is 5.60 Å². The molecule has 0 spiro atoms. The normalized spacial score (nSPS) is 20.2. The van der Waals surface area contributed by atoms with Crippen LogP contribution in [0.3, 0.4) is 0 Å². The van der Waals surface area contributed by atoms with Crippen molar-refractivity contribution in [2.45, 2.75) is 45.6 Å². The largest absolute Gasteiger partial charge is 0.444 e. The van der Waals surface area contributed by atoms with Crippen molar-refractivity contribution in [3.05, 3.63) is 16.1 Å². The molecule has 1 amide bonds. The molecule has 2 rings (SSSR count). The molecule has 1 aliphatic rings. The first-order chi connectivity index (χ1) is 8.35. The molecule has 0 N–H and O–H groups in total. The highest BCUT2D eigenvalue weighted by Gasteiger charge is 2.31. The fourth-order valence-electron chi connectivity index (χ4n) is 2.06. The Morgan fingerprint density at radius 3 is 2.83 bits per heavy atom. The third-order valence-corrected chi connectivity index (χ3v) is 3.69. The molecule has 0 bridgehead atoms. The van der Waals surface area contributed by atoms with Crippen molar-refractivity contribution in [2.75, 3.05) is 13.1 Å². The van der Waals surface area contributed by atoms with Crippen LogP contribution in [0.4, 0.5) is 4.79 Å². The molecule has 1 aromatic heterocycles. The number of hydrogen-bond acceptors (Lipinski definition) is 4. The van der Waals surface area contributed by atoms with Crippen LogP contribution in [0.15, 0.2) is 5.38 Å². The van der Waals surface area contributed by atoms with Crippen molar-refractivity contribution in [3.63, 3.8) is 0 Å². The van der Waals surface area contributed by atoms with Gasteiger partial charge in [0.2, 0.25) is 0 Å². The van der Waals surface area contributed by atoms with E-state index in [4.69, 9.17) is 4.74 Å². The molecule has 1 saturated heterocycles. The first kappa shape index (κ1) is 13.3. The molecule has 18 heavy (non-hydrogen) atoms. The Morgan fingerprint density at radius 1 is 1.56 bits per heavy atom. The van der Waals surface area contributed by atoms with E-state index in [2.05, 4.69) is 10.4 Å². The molecule has 0 saturated carbocycles. The van der Waals surface area contributed by atoms with E-state index < -0.39 is 5.60 Å². The van der Waals surface area contributed by atoms with Gasteiger partial charge in [-0.2, -0.15) is 0 Å². The lowest BCUT2D eigenvalue weighted by Gasteiger charge is -2.24. The van der Waals surface area contributed by atoms with Crippen molar-refractivity contribution >= 4 is 17.4 Å². The van der Waals surface area contributed by atoms with Crippen LogP contribution < -0.4 is 0 Å². The zero-order chi connectivity index (χ0) is 13.3. The maximum Gasteiger partial charge on any atom is 0.410 e. The molecular weight excluding hydrogens is 248 g/mol. The smallest absolute Gasteiger partial charge is 0.410 e. The van der Waals surface area contributed by atoms with Gasteiger partial charge < -0.3 is 9.64 Å². The van der Waals surface area contributed by atoms with Crippen molar-refractivity contribution in [1.82, 2.24) is 9.88 Å². The quantitative estimate of drug-likeness (QED) is 0.785. The van der Waals surface area contributed by atoms with Crippen LogP contribution in [0.25, 0.3) is 0 Å². The average molecular weight is 268 g/mol. The summed E-state index contributed by atoms with van der Waals surface area (Å²) in [6, 6.07) is 0. The van der Waals surface area contributed by atoms with Crippen LogP contribution in [-0.2, 0) is 4.74 Å². The summed E-state index contributed by atoms with van der Waals surface area (Å²) in [7, 11) is 0. The van der Waals surface area contributed by atoms with E-state index in [9.17, 15) is 4.79 Å². The van der Waals surface area contributed by atoms with Crippen LogP contribution in [0.1, 0.15) is 43.8 Å². The fraction of sp³-hybridized carbons (Fsp3) is 0.692. The molecule has 1 aliphatic heterocycles. The molecule has 1 aromatic rings. The van der Waals surface area contributed by atoms with Crippen LogP contribution in [0, 0.1) is 6.92 Å². The summed E-state index contributed by atoms with van der Waals surface area (Å²) < 4.78 is 5.38. The monoisotopic (exact) mass is 268 g/mol. The molecule has 5 heteroatoms. The third-order valence-electron chi connectivity index (χ3n) is 2.89. The highest BCUT2D eigenvalue weighted by molar-refractivity contribution is 7.09. The van der Waals surface area contributed by atoms with E-state index in [0.29, 0.717) is 5.92 Å². The second-order valence-electron chi connectivity index (χ2n) is 5.70. The predicted molar refractivity (Wildman–Crippen MR) is 72.0 cm³/mol. The van der Waals surface area contributed by atoms with Gasteiger partial charge in [0.15, 0.2) is 0 Å². The van der Waals surface area contributed by atoms with Gasteiger partial charge in [-0.1, -0.05) is 0 Å². The van der Waals surface area contributed by atoms with Crippen LogP contribution in [-0.4, -0.2) is 34.7 Å². The Hall–Kier alpha value is -1.10. The zero-order valence-corrected chi connectivity index (χ0v) is 12.2. The van der Waals surface area contributed by atoms with Crippen molar-refractivity contribution in [3.8, 4) is 0 Å². The number of ether oxygens (including phenoxy) is 1. The summed E-state index contributed by atoms with van der Waals surface area (Å²) in [5.41, 5.74) is 0.690. The van der Waals surface area contributed by atoms with E-state index >= 15 is 0 Å². The highest BCUT2D eigenvalue weighted by Crippen LogP contribution is 2.28. The van der Waals surface area contributed by atoms with Gasteiger partial charge in [-0.3, -0.25) is 0 Å². The number of carbonyl (C=O) groups is 1. The SMILES string of the molecule is Cc1nc(C2CCN(C(=O)OC(C)(C)C)C2)cs1. The summed E-state index contributed by atoms with van der Waals surface area (Å²) in [5.74, 6) is 0.363. The van der Waals surface area contributed by atoms with E-state index in [1.165, 1.54) is 0 Å². The molecule has 4 nitrogen and oxygen atoms in total. The van der Waals surface area contributed by atoms with Crippen LogP contribution in [0.5, 0.6) is 0 Å². The minimum atomic E-state index is -0.424. The number of nitrogens with zero attached hydrogens (tertiary/aromatic N) is 2. The molecule has 100 valence electrons. The summed E-state index contributed by atoms with van der Waals surface area (Å²) in [4.78, 5) is 18.2. The lowest BCUT2D eigenvalue weighted by atomic mass is 10.1. The zero-order valence-electron chi connectivity index (χ0n) is 11.4. The first-order valence-electron chi connectivity index (χ1n) is 6.25. The molecule has 0 aromatic carbocycles. The predicted octanol–water partition coefficient (Wildman–Crippen LogP) is 3.18. The lowest BCUT2D eigenvalue weighted by Crippen LogP contribution is -2.35. The number of aryl methyl sites for hydroxylation is 1. The van der Waals surface area contributed by atoms with E-state index in [1.807, 2.05) is 27.7 Å². The number of amides is 1. The Kier molecular flexibility index (Phi) is 3.61. The standard InChI is InChI=1S/C13H20N2O2S/c1-9-14-11(8-18-9)10-5-6-15(7-10)12(16)17-13(2,3)4/h8,10H,5-7H2,1-4H3. The molecule has 1 atom stereocenters. The number of hydrogen-bond donors (Lipinski definition) is 0. The maximum atomic E-state index is 11.9. The highest BCUT2D eigenvalue weighted by atomic mass is 32.1. The first-order valence-corrected chi connectivity index (χ1v) is 7.13. The minimum absolute atomic E-state index is 0.211. The van der Waals surface area contributed by atoms with Gasteiger partial charge in [0, 0.05) is 24.4 Å². The van der Waals surface area contributed by atoms with Crippen LogP contribution >= 0.6 is 11.3 Å². The van der Waals surface area contributed by atoms with Gasteiger partial charge in [-0.25, -0.2) is 9.78 Å². The second kappa shape index (κ2) is 4.88. The summed E-state index contributed by atoms with van der Waals surface area (Å²) in [6.07, 6.45) is 0.763. The molecule has 0 radical (unpaired) electrons. The number of rotatable bonds is 1. The van der Waals surface area contributed by atoms with Gasteiger partial charge in [0.25, 0.3) is 0 Å². The van der Waals surface area contributed by atoms with Crippen LogP contribution in [0.2, 0.25) is 0 Å². The molecule has 2 heterocycles. The Balaban J connectivity index is 1.94. The number of thiazole rings is 1. The van der Waals surface area contributed by atoms with Crippen molar-refractivity contribution < 1.29 is 9.53 Å². The number of aromatic nitrogens is 1. The fourth-order valence-corrected chi connectivity index (χ4v) is 2.76. The Labute approximate surface area is 112 Å². The van der Waals surface area contributed by atoms with Crippen molar-refractivity contribution in [2.24, 2.45) is 0 Å². The average Bonchev–Trinajstić information content (AvgIpc) is 2.82. The molecule has 1 fully saturated rings. The van der Waals surface area contributed by atoms with E-state index in [0.717, 1.165) is 30.2 Å². The summed E-state index contributed by atoms with van der Waals surface area (Å²) >= 11 is 1.67. The maximum absolute atomic E-state index is 11.9. The lowest BCUT2D eigenvalue weighted by molar-refractivity contribution is 0.0292. The second-order valence-corrected chi connectivity index (χ2v) is 6.77. The van der Waals surface area contributed by atoms with Gasteiger partial charge in [-0.15, -0.1) is 11.3 Å². The van der Waals surface area contributed by atoms with E-state index in [1.54, 1.807) is 16.2 Å². The van der Waals surface area contributed by atoms with Crippen molar-refractivity contribution in [1.29, 1.82) is 0 Å². The Bertz CT molecular complexity index is 436. The molecule has 1 unspecified atom stereocenters. The molecule has 0 aliphatic carbocycles. The van der Waals surface area contributed by atoms with Gasteiger partial charge >= 0.3 is 6.09 Å². The van der Waals surface area contributed by atoms with Gasteiger partial charge in [-0.05, 0) is 34.1 Å². The van der Waals surface area contributed by atoms with E-state index in [-0.39, 0.29) is 6.09 Å². The number of carbonyl (C=O) groups excluding carboxylic acids is 1. The van der Waals surface area contributed by atoms with Gasteiger partial charge in [0.05, 0.1) is 10.7 Å². The third kappa shape index (κ3) is 3.22. The number of likely N-dealkylation sites (tertiary alicyclic amines) is 1. The Morgan fingerprint density at radius 2 is 2.28 bits per heavy atom.